The van der Waals surface area contributed by atoms with Gasteiger partial charge >= 0.3 is 0 Å². The molecule has 1 saturated carbocycles. The highest BCUT2D eigenvalue weighted by molar-refractivity contribution is 6.32. The van der Waals surface area contributed by atoms with Crippen molar-refractivity contribution in [3.8, 4) is 45.6 Å². The second kappa shape index (κ2) is 19.4. The van der Waals surface area contributed by atoms with E-state index >= 15 is 0 Å². The third-order valence-electron chi connectivity index (χ3n) is 10.1. The molecule has 0 aliphatic heterocycles. The fraction of sp³-hybridized carbons (Fsp3) is 0.333. The van der Waals surface area contributed by atoms with Crippen LogP contribution in [-0.2, 0) is 19.8 Å². The molecule has 8 nitrogen and oxygen atoms in total. The van der Waals surface area contributed by atoms with E-state index in [4.69, 9.17) is 30.9 Å². The minimum atomic E-state index is 0.109. The maximum atomic E-state index is 9.35. The molecule has 0 spiro atoms. The van der Waals surface area contributed by atoms with Gasteiger partial charge < -0.3 is 30.0 Å². The second-order valence-corrected chi connectivity index (χ2v) is 14.2. The number of benzene rings is 4. The number of ether oxygens (including phenoxy) is 3. The van der Waals surface area contributed by atoms with Gasteiger partial charge in [-0.2, -0.15) is 5.26 Å². The van der Waals surface area contributed by atoms with Gasteiger partial charge in [0, 0.05) is 55.3 Å². The van der Waals surface area contributed by atoms with Gasteiger partial charge in [-0.1, -0.05) is 79.4 Å². The van der Waals surface area contributed by atoms with Gasteiger partial charge in [-0.15, -0.1) is 0 Å². The van der Waals surface area contributed by atoms with E-state index in [1.54, 1.807) is 18.5 Å². The van der Waals surface area contributed by atoms with Crippen molar-refractivity contribution in [1.29, 1.82) is 5.26 Å². The van der Waals surface area contributed by atoms with E-state index in [-0.39, 0.29) is 13.2 Å². The van der Waals surface area contributed by atoms with E-state index in [1.807, 2.05) is 24.3 Å². The summed E-state index contributed by atoms with van der Waals surface area (Å²) in [4.78, 5) is 4.19. The van der Waals surface area contributed by atoms with Gasteiger partial charge in [-0.3, -0.25) is 4.98 Å². The number of nitriles is 1. The average Bonchev–Trinajstić information content (AvgIpc) is 3.20. The van der Waals surface area contributed by atoms with E-state index in [0.717, 1.165) is 50.3 Å². The Morgan fingerprint density at radius 2 is 1.56 bits per heavy atom. The van der Waals surface area contributed by atoms with Crippen LogP contribution in [0.4, 0.5) is 0 Å². The first-order chi connectivity index (χ1) is 26.4. The van der Waals surface area contributed by atoms with Crippen LogP contribution >= 0.6 is 11.6 Å². The molecule has 1 aromatic heterocycles. The van der Waals surface area contributed by atoms with Crippen molar-refractivity contribution >= 4 is 11.6 Å². The Kier molecular flexibility index (Phi) is 14.0. The molecule has 0 atom stereocenters. The Morgan fingerprint density at radius 1 is 0.796 bits per heavy atom. The van der Waals surface area contributed by atoms with Crippen LogP contribution in [0.25, 0.3) is 22.3 Å². The predicted octanol–water partition coefficient (Wildman–Crippen LogP) is 9.10. The lowest BCUT2D eigenvalue weighted by atomic mass is 9.89. The van der Waals surface area contributed by atoms with Crippen molar-refractivity contribution in [2.24, 2.45) is 0 Å². The summed E-state index contributed by atoms with van der Waals surface area (Å²) in [6, 6.07) is 29.2. The molecule has 9 heteroatoms. The van der Waals surface area contributed by atoms with Crippen LogP contribution < -0.4 is 24.8 Å². The fourth-order valence-electron chi connectivity index (χ4n) is 7.03. The molecule has 1 heterocycles. The van der Waals surface area contributed by atoms with Crippen LogP contribution in [0.1, 0.15) is 65.5 Å². The van der Waals surface area contributed by atoms with Gasteiger partial charge in [0.05, 0.1) is 17.2 Å². The SMILES string of the molecule is Cc1c(COc2cc(OCc3cncc(C#N)c3)c(CNC3CCCCC3)cc2Cl)cccc1-c1cccc(-c2cccc(OCCNCCO)c2)c1C. The summed E-state index contributed by atoms with van der Waals surface area (Å²) in [5.74, 6) is 2.04. The molecular weight excluding hydrogens is 696 g/mol. The van der Waals surface area contributed by atoms with Crippen LogP contribution in [0, 0.1) is 25.2 Å². The number of hydrogen-bond donors (Lipinski definition) is 3. The third kappa shape index (κ3) is 10.2. The molecule has 6 rings (SSSR count). The highest BCUT2D eigenvalue weighted by atomic mass is 35.5. The summed E-state index contributed by atoms with van der Waals surface area (Å²) < 4.78 is 18.8. The molecule has 54 heavy (non-hydrogen) atoms. The molecule has 1 aliphatic rings. The molecule has 5 aromatic rings. The third-order valence-corrected chi connectivity index (χ3v) is 10.3. The van der Waals surface area contributed by atoms with Gasteiger partial charge in [-0.25, -0.2) is 0 Å². The standard InChI is InChI=1S/C45H49ClN4O4/c1-31-36(10-7-15-41(31)42-16-8-14-40(32(42)2)35-9-6-13-39(22-35)52-20-18-48-17-19-51)30-54-45-24-44(53-29-34-21-33(25-47)26-49-27-34)37(23-43(45)46)28-50-38-11-4-3-5-12-38/h6-10,13-16,21-24,26-27,38,48,50-51H,3-5,11-12,17-20,28-30H2,1-2H3. The maximum Gasteiger partial charge on any atom is 0.142 e. The molecule has 0 unspecified atom stereocenters. The second-order valence-electron chi connectivity index (χ2n) is 13.8. The van der Waals surface area contributed by atoms with E-state index in [0.29, 0.717) is 61.0 Å². The lowest BCUT2D eigenvalue weighted by Gasteiger charge is -2.24. The van der Waals surface area contributed by atoms with E-state index in [2.05, 4.69) is 84.1 Å². The zero-order chi connectivity index (χ0) is 37.7. The molecule has 1 aliphatic carbocycles. The minimum Gasteiger partial charge on any atom is -0.492 e. The summed E-state index contributed by atoms with van der Waals surface area (Å²) in [6.45, 7) is 7.38. The van der Waals surface area contributed by atoms with Gasteiger partial charge in [-0.05, 0) is 89.9 Å². The molecule has 1 fully saturated rings. The molecule has 0 amide bonds. The molecule has 0 bridgehead atoms. The molecule has 0 saturated heterocycles. The van der Waals surface area contributed by atoms with Gasteiger partial charge in [0.25, 0.3) is 0 Å². The molecule has 280 valence electrons. The topological polar surface area (TPSA) is 109 Å². The summed E-state index contributed by atoms with van der Waals surface area (Å²) >= 11 is 6.89. The number of aromatic nitrogens is 1. The Balaban J connectivity index is 1.20. The number of pyridine rings is 1. The number of aliphatic hydroxyl groups excluding tert-OH is 1. The summed E-state index contributed by atoms with van der Waals surface area (Å²) in [7, 11) is 0. The average molecular weight is 745 g/mol. The molecule has 3 N–H and O–H groups in total. The smallest absolute Gasteiger partial charge is 0.142 e. The Labute approximate surface area is 324 Å². The van der Waals surface area contributed by atoms with Gasteiger partial charge in [0.1, 0.15) is 43.1 Å². The number of nitrogens with zero attached hydrogens (tertiary/aromatic N) is 2. The van der Waals surface area contributed by atoms with Crippen LogP contribution in [-0.4, -0.2) is 42.4 Å². The van der Waals surface area contributed by atoms with Gasteiger partial charge in [0.15, 0.2) is 0 Å². The van der Waals surface area contributed by atoms with Crippen LogP contribution in [0.5, 0.6) is 17.2 Å². The summed E-state index contributed by atoms with van der Waals surface area (Å²) in [6.07, 6.45) is 9.40. The first-order valence-electron chi connectivity index (χ1n) is 18.8. The lowest BCUT2D eigenvalue weighted by molar-refractivity contribution is 0.276. The Morgan fingerprint density at radius 3 is 2.37 bits per heavy atom. The zero-order valence-corrected chi connectivity index (χ0v) is 31.9. The zero-order valence-electron chi connectivity index (χ0n) is 31.2. The fourth-order valence-corrected chi connectivity index (χ4v) is 7.28. The predicted molar refractivity (Wildman–Crippen MR) is 215 cm³/mol. The number of hydrogen-bond acceptors (Lipinski definition) is 8. The monoisotopic (exact) mass is 744 g/mol. The van der Waals surface area contributed by atoms with Crippen molar-refractivity contribution in [3.05, 3.63) is 130 Å². The van der Waals surface area contributed by atoms with Crippen molar-refractivity contribution in [1.82, 2.24) is 15.6 Å². The van der Waals surface area contributed by atoms with Crippen molar-refractivity contribution in [2.45, 2.75) is 71.8 Å². The maximum absolute atomic E-state index is 9.35. The van der Waals surface area contributed by atoms with Crippen molar-refractivity contribution in [3.63, 3.8) is 0 Å². The summed E-state index contributed by atoms with van der Waals surface area (Å²) in [5, 5.41) is 25.7. The first-order valence-corrected chi connectivity index (χ1v) is 19.2. The van der Waals surface area contributed by atoms with Gasteiger partial charge in [0.2, 0.25) is 0 Å². The van der Waals surface area contributed by atoms with E-state index in [9.17, 15) is 5.26 Å². The normalized spacial score (nSPS) is 13.0. The van der Waals surface area contributed by atoms with E-state index < -0.39 is 0 Å². The quantitative estimate of drug-likeness (QED) is 0.0810. The Hall–Kier alpha value is -4.91. The van der Waals surface area contributed by atoms with Crippen molar-refractivity contribution in [2.75, 3.05) is 26.3 Å². The van der Waals surface area contributed by atoms with Crippen molar-refractivity contribution < 1.29 is 19.3 Å². The lowest BCUT2D eigenvalue weighted by Crippen LogP contribution is -2.30. The molecular formula is C45H49ClN4O4. The number of rotatable bonds is 17. The Bertz CT molecular complexity index is 2060. The highest BCUT2D eigenvalue weighted by Crippen LogP contribution is 2.37. The highest BCUT2D eigenvalue weighted by Gasteiger charge is 2.18. The van der Waals surface area contributed by atoms with Crippen LogP contribution in [0.15, 0.2) is 91.3 Å². The summed E-state index contributed by atoms with van der Waals surface area (Å²) in [5.41, 5.74) is 10.2. The number of halogens is 1. The largest absolute Gasteiger partial charge is 0.492 e. The van der Waals surface area contributed by atoms with Crippen LogP contribution in [0.2, 0.25) is 5.02 Å². The van der Waals surface area contributed by atoms with E-state index in [1.165, 1.54) is 37.7 Å². The number of aliphatic hydroxyl groups is 1. The molecule has 0 radical (unpaired) electrons. The minimum absolute atomic E-state index is 0.109. The molecule has 4 aromatic carbocycles. The number of nitrogens with one attached hydrogen (secondary N) is 2. The van der Waals surface area contributed by atoms with Crippen LogP contribution in [0.3, 0.4) is 0 Å². The first kappa shape index (κ1) is 38.8.